The van der Waals surface area contributed by atoms with Gasteiger partial charge in [-0.25, -0.2) is 14.3 Å². The summed E-state index contributed by atoms with van der Waals surface area (Å²) in [6.07, 6.45) is 1.35. The molecule has 2 aliphatic rings. The van der Waals surface area contributed by atoms with Gasteiger partial charge in [0.15, 0.2) is 5.69 Å². The van der Waals surface area contributed by atoms with Crippen LogP contribution in [0.3, 0.4) is 0 Å². The van der Waals surface area contributed by atoms with Crippen LogP contribution in [-0.2, 0) is 12.0 Å². The number of piperidine rings is 1. The summed E-state index contributed by atoms with van der Waals surface area (Å²) >= 11 is 18.8. The fourth-order valence-corrected chi connectivity index (χ4v) is 6.55. The number of hydrogen-bond donors (Lipinski definition) is 2. The Morgan fingerprint density at radius 2 is 1.83 bits per heavy atom. The van der Waals surface area contributed by atoms with E-state index in [-0.39, 0.29) is 40.0 Å². The molecule has 2 N–H and O–H groups in total. The van der Waals surface area contributed by atoms with E-state index >= 15 is 0 Å². The molecule has 0 radical (unpaired) electrons. The van der Waals surface area contributed by atoms with Crippen molar-refractivity contribution in [3.8, 4) is 5.75 Å². The Morgan fingerprint density at radius 3 is 2.51 bits per heavy atom. The predicted octanol–water partition coefficient (Wildman–Crippen LogP) is 7.51. The lowest BCUT2D eigenvalue weighted by atomic mass is 9.74. The van der Waals surface area contributed by atoms with Gasteiger partial charge in [-0.15, -0.1) is 13.2 Å². The van der Waals surface area contributed by atoms with Crippen LogP contribution < -0.4 is 19.9 Å². The van der Waals surface area contributed by atoms with Gasteiger partial charge in [0.05, 0.1) is 11.0 Å². The summed E-state index contributed by atoms with van der Waals surface area (Å²) in [6.45, 7) is 1.66. The number of rotatable bonds is 6. The number of carbonyl (C=O) groups is 1. The van der Waals surface area contributed by atoms with E-state index in [1.54, 1.807) is 24.3 Å². The molecule has 1 fully saturated rings. The molecule has 2 amide bonds. The maximum atomic E-state index is 14.3. The van der Waals surface area contributed by atoms with Crippen LogP contribution in [0.5, 0.6) is 5.75 Å². The molecule has 0 saturated carbocycles. The number of urea groups is 1. The van der Waals surface area contributed by atoms with E-state index in [4.69, 9.17) is 34.8 Å². The van der Waals surface area contributed by atoms with Crippen molar-refractivity contribution in [2.24, 2.45) is 0 Å². The zero-order valence-corrected chi connectivity index (χ0v) is 24.0. The van der Waals surface area contributed by atoms with Crippen LogP contribution >= 0.6 is 34.8 Å². The van der Waals surface area contributed by atoms with E-state index in [0.717, 1.165) is 11.1 Å². The number of nitrogens with zero attached hydrogens (tertiary/aromatic N) is 2. The molecule has 12 heteroatoms. The van der Waals surface area contributed by atoms with E-state index < -0.39 is 17.8 Å². The zero-order valence-electron chi connectivity index (χ0n) is 21.8. The Kier molecular flexibility index (Phi) is 8.55. The fraction of sp³-hybridized carbons (Fsp3) is 0.310. The predicted molar refractivity (Wildman–Crippen MR) is 155 cm³/mol. The standard InChI is InChI=1S/C29H26Cl3F3N4O2/c30-21-5-3-19(4-6-21)2-1-15-39(27(40)38-17-20-9-12-37-24(32)16-20)18-28(10-13-36-14-11-28)25-23(41-29(33,34)35)8-7-22(31)26(25)39/h1-9,12,16,36H,10-11,13-15,17-18H2/p+1/b2-1+. The summed E-state index contributed by atoms with van der Waals surface area (Å²) in [4.78, 5) is 18.2. The Bertz CT molecular complexity index is 1460. The minimum absolute atomic E-state index is 0.141. The lowest BCUT2D eigenvalue weighted by Gasteiger charge is -2.36. The van der Waals surface area contributed by atoms with Gasteiger partial charge in [-0.3, -0.25) is 0 Å². The third kappa shape index (κ3) is 6.34. The van der Waals surface area contributed by atoms with Crippen molar-refractivity contribution < 1.29 is 22.7 Å². The molecule has 3 aromatic rings. The SMILES string of the molecule is O=C(NCc1ccnc(Cl)c1)[N+]1(C/C=C/c2ccc(Cl)cc2)CC2(CCNCC2)c2c(OC(F)(F)F)ccc(Cl)c21. The number of benzene rings is 2. The largest absolute Gasteiger partial charge is 0.573 e. The van der Waals surface area contributed by atoms with Gasteiger partial charge in [0.2, 0.25) is 0 Å². The second-order valence-electron chi connectivity index (χ2n) is 10.3. The molecule has 6 nitrogen and oxygen atoms in total. The lowest BCUT2D eigenvalue weighted by Crippen LogP contribution is -2.60. The summed E-state index contributed by atoms with van der Waals surface area (Å²) < 4.78 is 45.0. The first-order valence-corrected chi connectivity index (χ1v) is 14.1. The Balaban J connectivity index is 1.61. The van der Waals surface area contributed by atoms with Crippen molar-refractivity contribution in [3.63, 3.8) is 0 Å². The van der Waals surface area contributed by atoms with E-state index in [9.17, 15) is 18.0 Å². The smallest absolute Gasteiger partial charge is 0.405 e. The fourth-order valence-electron chi connectivity index (χ4n) is 5.91. The molecule has 216 valence electrons. The molecule has 1 unspecified atom stereocenters. The number of hydrogen-bond acceptors (Lipinski definition) is 4. The normalized spacial score (nSPS) is 19.9. The maximum Gasteiger partial charge on any atom is 0.573 e. The first-order chi connectivity index (χ1) is 19.5. The van der Waals surface area contributed by atoms with E-state index in [0.29, 0.717) is 42.2 Å². The quantitative estimate of drug-likeness (QED) is 0.220. The molecule has 41 heavy (non-hydrogen) atoms. The van der Waals surface area contributed by atoms with E-state index in [1.807, 2.05) is 24.3 Å². The van der Waals surface area contributed by atoms with Gasteiger partial charge in [-0.05, 0) is 79.5 Å². The number of amides is 2. The molecule has 0 bridgehead atoms. The van der Waals surface area contributed by atoms with E-state index in [2.05, 4.69) is 20.4 Å². The molecule has 5 rings (SSSR count). The highest BCUT2D eigenvalue weighted by molar-refractivity contribution is 6.34. The zero-order chi connectivity index (χ0) is 29.3. The van der Waals surface area contributed by atoms with Gasteiger partial charge < -0.3 is 15.4 Å². The Hall–Kier alpha value is -2.82. The van der Waals surface area contributed by atoms with Gasteiger partial charge in [0, 0.05) is 17.8 Å². The summed E-state index contributed by atoms with van der Waals surface area (Å²) in [6, 6.07) is 12.8. The molecule has 1 aromatic heterocycles. The van der Waals surface area contributed by atoms with Crippen molar-refractivity contribution in [1.82, 2.24) is 20.1 Å². The molecule has 1 spiro atoms. The van der Waals surface area contributed by atoms with Crippen molar-refractivity contribution in [2.75, 3.05) is 26.2 Å². The van der Waals surface area contributed by atoms with Crippen LogP contribution in [0.2, 0.25) is 15.2 Å². The van der Waals surface area contributed by atoms with Crippen molar-refractivity contribution >= 4 is 52.6 Å². The summed E-state index contributed by atoms with van der Waals surface area (Å²) in [5.74, 6) is -0.325. The number of pyridine rings is 1. The summed E-state index contributed by atoms with van der Waals surface area (Å²) in [7, 11) is 0. The second-order valence-corrected chi connectivity index (χ2v) is 11.5. The number of aromatic nitrogens is 1. The minimum atomic E-state index is -4.91. The number of halogens is 6. The average Bonchev–Trinajstić information content (AvgIpc) is 3.21. The molecule has 0 aliphatic carbocycles. The Morgan fingerprint density at radius 1 is 1.10 bits per heavy atom. The summed E-state index contributed by atoms with van der Waals surface area (Å²) in [5, 5.41) is 7.33. The number of carbonyl (C=O) groups excluding carboxylic acids is 1. The first kappa shape index (κ1) is 29.7. The molecule has 2 aromatic carbocycles. The molecular weight excluding hydrogens is 600 g/mol. The third-order valence-electron chi connectivity index (χ3n) is 7.63. The number of nitrogens with one attached hydrogen (secondary N) is 2. The number of alkyl halides is 3. The number of fused-ring (bicyclic) bond motifs is 2. The molecule has 1 atom stereocenters. The van der Waals surface area contributed by atoms with Crippen molar-refractivity contribution in [2.45, 2.75) is 31.2 Å². The first-order valence-electron chi connectivity index (χ1n) is 13.0. The highest BCUT2D eigenvalue weighted by Gasteiger charge is 2.60. The molecule has 2 aliphatic heterocycles. The number of ether oxygens (including phenoxy) is 1. The van der Waals surface area contributed by atoms with Crippen LogP contribution in [0.1, 0.15) is 29.5 Å². The lowest BCUT2D eigenvalue weighted by molar-refractivity contribution is -0.275. The molecule has 3 heterocycles. The van der Waals surface area contributed by atoms with Crippen molar-refractivity contribution in [1.29, 1.82) is 0 Å². The number of quaternary nitrogens is 1. The molecular formula is C29H27Cl3F3N4O2+. The molecule has 1 saturated heterocycles. The third-order valence-corrected chi connectivity index (χ3v) is 8.39. The van der Waals surface area contributed by atoms with Crippen LogP contribution in [-0.4, -0.2) is 43.6 Å². The topological polar surface area (TPSA) is 63.2 Å². The average molecular weight is 627 g/mol. The maximum absolute atomic E-state index is 14.3. The van der Waals surface area contributed by atoms with Crippen LogP contribution in [0, 0.1) is 0 Å². The van der Waals surface area contributed by atoms with Gasteiger partial charge in [0.25, 0.3) is 0 Å². The Labute approximate surface area is 250 Å². The minimum Gasteiger partial charge on any atom is -0.405 e. The van der Waals surface area contributed by atoms with Crippen LogP contribution in [0.4, 0.5) is 23.7 Å². The highest BCUT2D eigenvalue weighted by atomic mass is 35.5. The summed E-state index contributed by atoms with van der Waals surface area (Å²) in [5.41, 5.74) is 1.48. The van der Waals surface area contributed by atoms with E-state index in [1.165, 1.54) is 18.3 Å². The monoisotopic (exact) mass is 625 g/mol. The second kappa shape index (κ2) is 11.8. The highest BCUT2D eigenvalue weighted by Crippen LogP contribution is 2.57. The van der Waals surface area contributed by atoms with Crippen LogP contribution in [0.15, 0.2) is 60.8 Å². The van der Waals surface area contributed by atoms with Crippen molar-refractivity contribution in [3.05, 3.63) is 92.7 Å². The van der Waals surface area contributed by atoms with Gasteiger partial charge in [0.1, 0.15) is 29.0 Å². The van der Waals surface area contributed by atoms with Gasteiger partial charge >= 0.3 is 12.4 Å². The van der Waals surface area contributed by atoms with Gasteiger partial charge in [-0.1, -0.05) is 53.0 Å². The van der Waals surface area contributed by atoms with Crippen LogP contribution in [0.25, 0.3) is 6.08 Å². The van der Waals surface area contributed by atoms with Gasteiger partial charge in [-0.2, -0.15) is 0 Å².